The van der Waals surface area contributed by atoms with E-state index in [1.165, 1.54) is 12.1 Å². The molecule has 14 nitrogen and oxygen atoms in total. The Morgan fingerprint density at radius 3 is 1.33 bits per heavy atom. The molecule has 49 heavy (non-hydrogen) atoms. The van der Waals surface area contributed by atoms with E-state index in [1.54, 1.807) is 24.3 Å². The Morgan fingerprint density at radius 2 is 0.857 bits per heavy atom. The SMILES string of the molecule is O=S(=O)([O-])c1cccc2c1C1=NC2=NC2=NC(=NC3=NC(=NC4=NC(=N1)c1ccccc14)c1ccccc13)c1c(SOO[O-])cccc12.[Cu+2]. The topological polar surface area (TPSA) is 198 Å². The van der Waals surface area contributed by atoms with Crippen LogP contribution in [0.3, 0.4) is 0 Å². The molecule has 241 valence electrons. The molecule has 0 saturated carbocycles. The van der Waals surface area contributed by atoms with Crippen LogP contribution in [0.4, 0.5) is 0 Å². The molecule has 0 fully saturated rings. The maximum atomic E-state index is 12.5. The third-order valence-electron chi connectivity index (χ3n) is 7.91. The third-order valence-corrected chi connectivity index (χ3v) is 9.44. The van der Waals surface area contributed by atoms with Crippen LogP contribution in [0, 0.1) is 0 Å². The van der Waals surface area contributed by atoms with E-state index in [9.17, 15) is 18.2 Å². The molecule has 1 radical (unpaired) electrons. The van der Waals surface area contributed by atoms with Gasteiger partial charge in [-0.15, -0.1) is 0 Å². The number of hydrogen-bond donors (Lipinski definition) is 0. The van der Waals surface area contributed by atoms with Crippen molar-refractivity contribution in [3.05, 3.63) is 129 Å². The summed E-state index contributed by atoms with van der Waals surface area (Å²) in [5.41, 5.74) is 3.94. The first kappa shape index (κ1) is 31.2. The van der Waals surface area contributed by atoms with Crippen molar-refractivity contribution in [1.82, 2.24) is 0 Å². The van der Waals surface area contributed by atoms with E-state index in [0.717, 1.165) is 0 Å². The van der Waals surface area contributed by atoms with Gasteiger partial charge in [-0.1, -0.05) is 72.8 Å². The Hall–Kier alpha value is -5.10. The van der Waals surface area contributed by atoms with Gasteiger partial charge in [0, 0.05) is 44.5 Å². The van der Waals surface area contributed by atoms with Crippen LogP contribution in [0.25, 0.3) is 0 Å². The Morgan fingerprint density at radius 1 is 0.490 bits per heavy atom. The van der Waals surface area contributed by atoms with Crippen LogP contribution < -0.4 is 5.26 Å². The van der Waals surface area contributed by atoms with Crippen molar-refractivity contribution in [2.24, 2.45) is 39.9 Å². The molecular weight excluding hydrogens is 720 g/mol. The standard InChI is InChI=1S/C32H16N8O6S2.Cu/c41-45-46-47-21-13-5-11-19-23(21)31-37-27-17-9-3-1-7-15(17)25(34-27)33-26-16-8-2-4-10-18(16)28(35-26)38-32-24-20(30(40-32)36-29(19)39-31)12-6-14-22(24)48(42,43)44;/h1-14,41H,(H,42,43,44);/q;+2/p-2. The molecule has 4 aromatic rings. The molecule has 4 aromatic carbocycles. The molecule has 0 atom stereocenters. The van der Waals surface area contributed by atoms with Gasteiger partial charge >= 0.3 is 17.1 Å². The second-order valence-corrected chi connectivity index (χ2v) is 12.7. The molecule has 0 amide bonds. The number of aliphatic imine (C=N–C) groups is 8. The molecule has 0 aromatic heterocycles. The maximum absolute atomic E-state index is 12.5. The first-order valence-electron chi connectivity index (χ1n) is 14.1. The fourth-order valence-corrected chi connectivity index (χ4v) is 7.14. The van der Waals surface area contributed by atoms with Crippen molar-refractivity contribution in [1.29, 1.82) is 0 Å². The zero-order valence-corrected chi connectivity index (χ0v) is 26.8. The van der Waals surface area contributed by atoms with Gasteiger partial charge in [0.1, 0.15) is 10.1 Å². The summed E-state index contributed by atoms with van der Waals surface area (Å²) in [6, 6.07) is 24.1. The number of rotatable bonds is 4. The van der Waals surface area contributed by atoms with E-state index in [0.29, 0.717) is 67.8 Å². The summed E-state index contributed by atoms with van der Waals surface area (Å²) in [6.07, 6.45) is 0. The minimum atomic E-state index is -4.96. The van der Waals surface area contributed by atoms with Gasteiger partial charge < -0.3 is 9.81 Å². The molecule has 5 aliphatic rings. The molecular formula is C32H14CuN8O6S2. The van der Waals surface area contributed by atoms with Crippen molar-refractivity contribution >= 4 is 68.8 Å². The zero-order chi connectivity index (χ0) is 32.6. The summed E-state index contributed by atoms with van der Waals surface area (Å²) in [5.74, 6) is 1.56. The van der Waals surface area contributed by atoms with Gasteiger partial charge in [0.05, 0.1) is 21.8 Å². The average Bonchev–Trinajstić information content (AvgIpc) is 3.82. The monoisotopic (exact) mass is 733 g/mol. The van der Waals surface area contributed by atoms with Gasteiger partial charge in [-0.25, -0.2) is 48.4 Å². The maximum Gasteiger partial charge on any atom is 2.00 e. The van der Waals surface area contributed by atoms with Gasteiger partial charge in [0.15, 0.2) is 46.7 Å². The van der Waals surface area contributed by atoms with Crippen LogP contribution in [0.2, 0.25) is 0 Å². The smallest absolute Gasteiger partial charge is 0.744 e. The number of hydrogen-bond acceptors (Lipinski definition) is 15. The van der Waals surface area contributed by atoms with E-state index in [1.807, 2.05) is 48.5 Å². The van der Waals surface area contributed by atoms with Crippen LogP contribution in [-0.2, 0) is 36.6 Å². The van der Waals surface area contributed by atoms with Crippen LogP contribution in [0.1, 0.15) is 44.5 Å². The average molecular weight is 734 g/mol. The molecule has 0 unspecified atom stereocenters. The van der Waals surface area contributed by atoms with Crippen LogP contribution >= 0.6 is 12.0 Å². The minimum Gasteiger partial charge on any atom is -0.744 e. The summed E-state index contributed by atoms with van der Waals surface area (Å²) in [5, 5.41) is 14.4. The van der Waals surface area contributed by atoms with Gasteiger partial charge in [-0.2, -0.15) is 4.33 Å². The van der Waals surface area contributed by atoms with Crippen molar-refractivity contribution in [3.8, 4) is 0 Å². The van der Waals surface area contributed by atoms with Gasteiger partial charge in [0.2, 0.25) is 0 Å². The first-order chi connectivity index (χ1) is 23.4. The first-order valence-corrected chi connectivity index (χ1v) is 16.3. The van der Waals surface area contributed by atoms with Gasteiger partial charge in [0.25, 0.3) is 0 Å². The zero-order valence-electron chi connectivity index (χ0n) is 24.2. The van der Waals surface area contributed by atoms with Crippen molar-refractivity contribution in [2.45, 2.75) is 9.79 Å². The molecule has 0 aliphatic carbocycles. The molecule has 5 heterocycles. The van der Waals surface area contributed by atoms with Gasteiger partial charge in [-0.05, 0) is 12.1 Å². The minimum absolute atomic E-state index is 0. The summed E-state index contributed by atoms with van der Waals surface area (Å²) in [7, 11) is -4.96. The molecule has 0 spiro atoms. The third kappa shape index (κ3) is 5.08. The number of benzene rings is 4. The molecule has 0 saturated heterocycles. The summed E-state index contributed by atoms with van der Waals surface area (Å²) in [6.45, 7) is 0. The summed E-state index contributed by atoms with van der Waals surface area (Å²) < 4.78 is 42.1. The molecule has 17 heteroatoms. The fraction of sp³-hybridized carbons (Fsp3) is 0. The second kappa shape index (κ2) is 11.8. The molecule has 0 N–H and O–H groups in total. The van der Waals surface area contributed by atoms with E-state index >= 15 is 0 Å². The Labute approximate surface area is 291 Å². The predicted molar refractivity (Wildman–Crippen MR) is 174 cm³/mol. The number of fused-ring (bicyclic) bond motifs is 16. The number of amidine groups is 8. The Balaban J connectivity index is 0.00000348. The molecule has 5 aliphatic heterocycles. The van der Waals surface area contributed by atoms with Crippen LogP contribution in [0.5, 0.6) is 0 Å². The largest absolute Gasteiger partial charge is 2.00 e. The molecule has 8 bridgehead atoms. The van der Waals surface area contributed by atoms with E-state index in [-0.39, 0.29) is 57.4 Å². The van der Waals surface area contributed by atoms with Crippen LogP contribution in [-0.4, -0.2) is 59.7 Å². The van der Waals surface area contributed by atoms with Crippen LogP contribution in [0.15, 0.2) is 135 Å². The fourth-order valence-electron chi connectivity index (χ4n) is 5.92. The Kier molecular flexibility index (Phi) is 7.51. The predicted octanol–water partition coefficient (Wildman–Crippen LogP) is 2.96. The second-order valence-electron chi connectivity index (χ2n) is 10.6. The van der Waals surface area contributed by atoms with Crippen molar-refractivity contribution in [2.75, 3.05) is 0 Å². The summed E-state index contributed by atoms with van der Waals surface area (Å²) >= 11 is 0.670. The van der Waals surface area contributed by atoms with Crippen molar-refractivity contribution < 1.29 is 44.7 Å². The summed E-state index contributed by atoms with van der Waals surface area (Å²) in [4.78, 5) is 38.0. The molecule has 9 rings (SSSR count). The number of nitrogens with zero attached hydrogens (tertiary/aromatic N) is 8. The van der Waals surface area contributed by atoms with E-state index < -0.39 is 15.0 Å². The quantitative estimate of drug-likeness (QED) is 0.101. The Bertz CT molecular complexity index is 2540. The van der Waals surface area contributed by atoms with Gasteiger partial charge in [-0.3, -0.25) is 5.04 Å². The van der Waals surface area contributed by atoms with E-state index in [4.69, 9.17) is 34.9 Å². The van der Waals surface area contributed by atoms with E-state index in [2.05, 4.69) is 14.4 Å². The van der Waals surface area contributed by atoms with Crippen molar-refractivity contribution in [3.63, 3.8) is 0 Å². The normalized spacial score (nSPS) is 16.4.